The molecular weight excluding hydrogens is 246 g/mol. The Kier molecular flexibility index (Phi) is 3.46. The zero-order valence-corrected chi connectivity index (χ0v) is 11.7. The fourth-order valence-corrected chi connectivity index (χ4v) is 2.00. The highest BCUT2D eigenvalue weighted by atomic mass is 16.3. The minimum absolute atomic E-state index is 0.130. The Hall–Kier alpha value is -1.67. The molecule has 8 heteroatoms. The van der Waals surface area contributed by atoms with Crippen LogP contribution in [0.1, 0.15) is 20.3 Å². The third-order valence-corrected chi connectivity index (χ3v) is 3.67. The van der Waals surface area contributed by atoms with Gasteiger partial charge in [0.25, 0.3) is 0 Å². The average Bonchev–Trinajstić information content (AvgIpc) is 2.38. The highest BCUT2D eigenvalue weighted by Crippen LogP contribution is 2.41. The molecule has 1 aliphatic rings. The molecule has 2 atom stereocenters. The molecule has 0 aliphatic heterocycles. The molecule has 1 heterocycles. The molecule has 1 aliphatic carbocycles. The summed E-state index contributed by atoms with van der Waals surface area (Å²) in [5.74, 6) is 6.63. The van der Waals surface area contributed by atoms with E-state index in [2.05, 4.69) is 25.7 Å². The van der Waals surface area contributed by atoms with Gasteiger partial charge in [0.1, 0.15) is 0 Å². The predicted octanol–water partition coefficient (Wildman–Crippen LogP) is -0.205. The molecule has 2 unspecified atom stereocenters. The van der Waals surface area contributed by atoms with Crippen LogP contribution >= 0.6 is 0 Å². The predicted molar refractivity (Wildman–Crippen MR) is 73.8 cm³/mol. The van der Waals surface area contributed by atoms with Gasteiger partial charge in [0.15, 0.2) is 0 Å². The first-order chi connectivity index (χ1) is 8.84. The maximum Gasteiger partial charge on any atom is 0.243 e. The highest BCUT2D eigenvalue weighted by Gasteiger charge is 2.47. The van der Waals surface area contributed by atoms with Gasteiger partial charge in [-0.25, -0.2) is 5.84 Å². The average molecular weight is 267 g/mol. The lowest BCUT2D eigenvalue weighted by molar-refractivity contribution is -0.0512. The number of nitrogen functional groups attached to an aromatic ring is 1. The van der Waals surface area contributed by atoms with Crippen molar-refractivity contribution >= 4 is 17.8 Å². The van der Waals surface area contributed by atoms with Gasteiger partial charge in [0.05, 0.1) is 6.10 Å². The Morgan fingerprint density at radius 1 is 1.26 bits per heavy atom. The SMILES string of the molecule is CN(C)c1nc(NN)nc(NC2CC(O)C2(C)C)n1. The lowest BCUT2D eigenvalue weighted by Crippen LogP contribution is -2.57. The van der Waals surface area contributed by atoms with Crippen LogP contribution in [-0.2, 0) is 0 Å². The van der Waals surface area contributed by atoms with Crippen molar-refractivity contribution in [3.05, 3.63) is 0 Å². The summed E-state index contributed by atoms with van der Waals surface area (Å²) in [6, 6.07) is 0.130. The van der Waals surface area contributed by atoms with E-state index in [1.807, 2.05) is 27.9 Å². The van der Waals surface area contributed by atoms with E-state index in [-0.39, 0.29) is 17.6 Å². The second kappa shape index (κ2) is 4.78. The Balaban J connectivity index is 2.18. The number of anilines is 3. The molecule has 19 heavy (non-hydrogen) atoms. The first-order valence-corrected chi connectivity index (χ1v) is 6.19. The van der Waals surface area contributed by atoms with Crippen molar-refractivity contribution in [1.82, 2.24) is 15.0 Å². The molecule has 2 rings (SSSR count). The van der Waals surface area contributed by atoms with Crippen LogP contribution in [0.25, 0.3) is 0 Å². The number of aliphatic hydroxyl groups excluding tert-OH is 1. The van der Waals surface area contributed by atoms with Gasteiger partial charge in [-0.1, -0.05) is 13.8 Å². The van der Waals surface area contributed by atoms with Crippen LogP contribution in [0.15, 0.2) is 0 Å². The number of nitrogens with one attached hydrogen (secondary N) is 2. The van der Waals surface area contributed by atoms with E-state index in [9.17, 15) is 5.11 Å². The molecular formula is C11H21N7O. The topological polar surface area (TPSA) is 112 Å². The molecule has 8 nitrogen and oxygen atoms in total. The van der Waals surface area contributed by atoms with Crippen molar-refractivity contribution < 1.29 is 5.11 Å². The van der Waals surface area contributed by atoms with Crippen molar-refractivity contribution in [3.63, 3.8) is 0 Å². The number of rotatable bonds is 4. The van der Waals surface area contributed by atoms with Gasteiger partial charge in [-0.2, -0.15) is 15.0 Å². The van der Waals surface area contributed by atoms with E-state index in [0.29, 0.717) is 24.3 Å². The molecule has 0 saturated heterocycles. The van der Waals surface area contributed by atoms with Crippen molar-refractivity contribution in [2.45, 2.75) is 32.4 Å². The van der Waals surface area contributed by atoms with E-state index < -0.39 is 0 Å². The van der Waals surface area contributed by atoms with E-state index in [1.54, 1.807) is 4.90 Å². The van der Waals surface area contributed by atoms with Gasteiger partial charge in [-0.3, -0.25) is 5.43 Å². The zero-order valence-electron chi connectivity index (χ0n) is 11.7. The number of nitrogens with zero attached hydrogens (tertiary/aromatic N) is 4. The number of hydrogen-bond acceptors (Lipinski definition) is 8. The van der Waals surface area contributed by atoms with Crippen LogP contribution in [0.3, 0.4) is 0 Å². The summed E-state index contributed by atoms with van der Waals surface area (Å²) in [7, 11) is 3.69. The van der Waals surface area contributed by atoms with Crippen molar-refractivity contribution in [2.24, 2.45) is 11.3 Å². The molecule has 5 N–H and O–H groups in total. The van der Waals surface area contributed by atoms with Crippen LogP contribution in [-0.4, -0.2) is 46.3 Å². The monoisotopic (exact) mass is 267 g/mol. The summed E-state index contributed by atoms with van der Waals surface area (Å²) >= 11 is 0. The number of hydrazine groups is 1. The van der Waals surface area contributed by atoms with E-state index in [1.165, 1.54) is 0 Å². The Morgan fingerprint density at radius 2 is 1.89 bits per heavy atom. The van der Waals surface area contributed by atoms with Crippen molar-refractivity contribution in [2.75, 3.05) is 29.7 Å². The number of hydrogen-bond donors (Lipinski definition) is 4. The van der Waals surface area contributed by atoms with Crippen LogP contribution in [0.2, 0.25) is 0 Å². The summed E-state index contributed by atoms with van der Waals surface area (Å²) in [4.78, 5) is 14.4. The molecule has 106 valence electrons. The van der Waals surface area contributed by atoms with Crippen LogP contribution in [0.5, 0.6) is 0 Å². The quantitative estimate of drug-likeness (QED) is 0.438. The second-order valence-electron chi connectivity index (χ2n) is 5.59. The standard InChI is InChI=1S/C11H21N7O/c1-11(2)6(5-7(11)19)13-8-14-9(17-12)16-10(15-8)18(3)4/h6-7,19H,5,12H2,1-4H3,(H2,13,14,15,16,17). The third-order valence-electron chi connectivity index (χ3n) is 3.67. The lowest BCUT2D eigenvalue weighted by Gasteiger charge is -2.49. The summed E-state index contributed by atoms with van der Waals surface area (Å²) in [5, 5.41) is 13.0. The van der Waals surface area contributed by atoms with E-state index in [4.69, 9.17) is 5.84 Å². The van der Waals surface area contributed by atoms with Crippen LogP contribution in [0.4, 0.5) is 17.8 Å². The molecule has 1 saturated carbocycles. The van der Waals surface area contributed by atoms with Crippen molar-refractivity contribution in [1.29, 1.82) is 0 Å². The maximum absolute atomic E-state index is 9.73. The molecule has 1 aromatic heterocycles. The molecule has 0 amide bonds. The first-order valence-electron chi connectivity index (χ1n) is 6.19. The molecule has 1 aromatic rings. The Bertz CT molecular complexity index is 462. The van der Waals surface area contributed by atoms with Gasteiger partial charge in [0.2, 0.25) is 17.8 Å². The highest BCUT2D eigenvalue weighted by molar-refractivity contribution is 5.43. The fraction of sp³-hybridized carbons (Fsp3) is 0.727. The lowest BCUT2D eigenvalue weighted by atomic mass is 9.65. The molecule has 0 bridgehead atoms. The van der Waals surface area contributed by atoms with E-state index >= 15 is 0 Å². The zero-order chi connectivity index (χ0) is 14.2. The van der Waals surface area contributed by atoms with Gasteiger partial charge < -0.3 is 15.3 Å². The fourth-order valence-electron chi connectivity index (χ4n) is 2.00. The molecule has 0 spiro atoms. The largest absolute Gasteiger partial charge is 0.392 e. The van der Waals surface area contributed by atoms with Crippen LogP contribution in [0, 0.1) is 5.41 Å². The summed E-state index contributed by atoms with van der Waals surface area (Å²) < 4.78 is 0. The normalized spacial score (nSPS) is 24.5. The Labute approximate surface area is 112 Å². The van der Waals surface area contributed by atoms with E-state index in [0.717, 1.165) is 0 Å². The maximum atomic E-state index is 9.73. The minimum Gasteiger partial charge on any atom is -0.392 e. The van der Waals surface area contributed by atoms with Gasteiger partial charge in [-0.15, -0.1) is 0 Å². The molecule has 0 radical (unpaired) electrons. The van der Waals surface area contributed by atoms with Gasteiger partial charge >= 0.3 is 0 Å². The van der Waals surface area contributed by atoms with Gasteiger partial charge in [-0.05, 0) is 6.42 Å². The number of aromatic nitrogens is 3. The van der Waals surface area contributed by atoms with Crippen LogP contribution < -0.4 is 21.5 Å². The second-order valence-corrected chi connectivity index (χ2v) is 5.59. The van der Waals surface area contributed by atoms with Gasteiger partial charge in [0, 0.05) is 25.6 Å². The summed E-state index contributed by atoms with van der Waals surface area (Å²) in [6.45, 7) is 4.02. The number of nitrogens with two attached hydrogens (primary N) is 1. The molecule has 0 aromatic carbocycles. The minimum atomic E-state index is -0.299. The molecule has 1 fully saturated rings. The smallest absolute Gasteiger partial charge is 0.243 e. The first kappa shape index (κ1) is 13.8. The Morgan fingerprint density at radius 3 is 2.37 bits per heavy atom. The number of aliphatic hydroxyl groups is 1. The summed E-state index contributed by atoms with van der Waals surface area (Å²) in [6.07, 6.45) is 0.383. The summed E-state index contributed by atoms with van der Waals surface area (Å²) in [5.41, 5.74) is 2.23. The third kappa shape index (κ3) is 2.54. The van der Waals surface area contributed by atoms with Crippen molar-refractivity contribution in [3.8, 4) is 0 Å².